The Morgan fingerprint density at radius 3 is 2.83 bits per heavy atom. The van der Waals surface area contributed by atoms with Gasteiger partial charge in [-0.1, -0.05) is 6.92 Å². The Labute approximate surface area is 106 Å². The second-order valence-electron chi connectivity index (χ2n) is 4.55. The minimum atomic E-state index is -0.412. The summed E-state index contributed by atoms with van der Waals surface area (Å²) >= 11 is 0. The molecule has 98 valence electrons. The molecule has 1 aliphatic rings. The van der Waals surface area contributed by atoms with E-state index in [1.807, 2.05) is 13.8 Å². The van der Waals surface area contributed by atoms with Gasteiger partial charge in [-0.2, -0.15) is 0 Å². The number of carbonyl (C=O) groups is 1. The summed E-state index contributed by atoms with van der Waals surface area (Å²) in [5.41, 5.74) is 0.388. The number of halogens is 1. The molecule has 0 bridgehead atoms. The molecule has 1 saturated heterocycles. The van der Waals surface area contributed by atoms with Crippen LogP contribution in [0.1, 0.15) is 19.5 Å². The van der Waals surface area contributed by atoms with Crippen LogP contribution in [0.2, 0.25) is 0 Å². The molecule has 0 radical (unpaired) electrons. The molecule has 0 N–H and O–H groups in total. The van der Waals surface area contributed by atoms with E-state index < -0.39 is 5.82 Å². The number of aromatic nitrogens is 2. The Morgan fingerprint density at radius 1 is 1.50 bits per heavy atom. The molecular weight excluding hydrogens is 235 g/mol. The third kappa shape index (κ3) is 2.14. The molecule has 1 fully saturated rings. The maximum Gasteiger partial charge on any atom is 0.242 e. The number of rotatable bonds is 2. The van der Waals surface area contributed by atoms with E-state index in [4.69, 9.17) is 0 Å². The van der Waals surface area contributed by atoms with Gasteiger partial charge in [0.15, 0.2) is 11.6 Å². The lowest BCUT2D eigenvalue weighted by Gasteiger charge is -2.37. The highest BCUT2D eigenvalue weighted by atomic mass is 19.1. The van der Waals surface area contributed by atoms with Crippen molar-refractivity contribution in [2.45, 2.75) is 26.3 Å². The molecule has 5 nitrogen and oxygen atoms in total. The normalized spacial score (nSPS) is 20.4. The molecule has 1 aromatic heterocycles. The van der Waals surface area contributed by atoms with Crippen LogP contribution in [0.4, 0.5) is 10.2 Å². The van der Waals surface area contributed by atoms with Gasteiger partial charge in [0.2, 0.25) is 5.91 Å². The van der Waals surface area contributed by atoms with Gasteiger partial charge in [0, 0.05) is 19.6 Å². The van der Waals surface area contributed by atoms with Gasteiger partial charge in [-0.15, -0.1) is 0 Å². The third-order valence-electron chi connectivity index (χ3n) is 3.34. The SMILES string of the molecule is CCc1ncnc(N2CC(=O)N(C)[C@H](C)C2)c1F. The lowest BCUT2D eigenvalue weighted by atomic mass is 10.2. The number of nitrogens with zero attached hydrogens (tertiary/aromatic N) is 4. The maximum atomic E-state index is 14.1. The van der Waals surface area contributed by atoms with Crippen LogP contribution in [0.5, 0.6) is 0 Å². The first-order valence-electron chi connectivity index (χ1n) is 6.04. The van der Waals surface area contributed by atoms with E-state index in [9.17, 15) is 9.18 Å². The number of amides is 1. The van der Waals surface area contributed by atoms with Crippen molar-refractivity contribution < 1.29 is 9.18 Å². The van der Waals surface area contributed by atoms with E-state index in [-0.39, 0.29) is 24.3 Å². The van der Waals surface area contributed by atoms with E-state index in [0.717, 1.165) is 0 Å². The second kappa shape index (κ2) is 4.88. The fourth-order valence-corrected chi connectivity index (χ4v) is 2.05. The van der Waals surface area contributed by atoms with Crippen molar-refractivity contribution in [3.8, 4) is 0 Å². The Hall–Kier alpha value is -1.72. The summed E-state index contributed by atoms with van der Waals surface area (Å²) in [5, 5.41) is 0. The molecule has 2 heterocycles. The minimum absolute atomic E-state index is 0.0233. The van der Waals surface area contributed by atoms with Crippen LogP contribution in [-0.2, 0) is 11.2 Å². The first-order valence-corrected chi connectivity index (χ1v) is 6.04. The van der Waals surface area contributed by atoms with Gasteiger partial charge in [0.05, 0.1) is 12.2 Å². The van der Waals surface area contributed by atoms with E-state index in [1.54, 1.807) is 16.8 Å². The van der Waals surface area contributed by atoms with Crippen molar-refractivity contribution in [3.05, 3.63) is 17.8 Å². The summed E-state index contributed by atoms with van der Waals surface area (Å²) in [7, 11) is 1.76. The smallest absolute Gasteiger partial charge is 0.242 e. The first kappa shape index (κ1) is 12.7. The van der Waals surface area contributed by atoms with Crippen molar-refractivity contribution in [2.24, 2.45) is 0 Å². The monoisotopic (exact) mass is 252 g/mol. The van der Waals surface area contributed by atoms with Gasteiger partial charge < -0.3 is 9.80 Å². The molecular formula is C12H17FN4O. The highest BCUT2D eigenvalue weighted by molar-refractivity contribution is 5.82. The summed E-state index contributed by atoms with van der Waals surface area (Å²) in [4.78, 5) is 23.0. The zero-order chi connectivity index (χ0) is 13.3. The largest absolute Gasteiger partial charge is 0.343 e. The topological polar surface area (TPSA) is 49.3 Å². The van der Waals surface area contributed by atoms with Crippen LogP contribution in [0.25, 0.3) is 0 Å². The van der Waals surface area contributed by atoms with Crippen molar-refractivity contribution in [1.82, 2.24) is 14.9 Å². The van der Waals surface area contributed by atoms with Gasteiger partial charge in [-0.25, -0.2) is 14.4 Å². The first-order chi connectivity index (χ1) is 8.54. The Kier molecular flexibility index (Phi) is 3.45. The van der Waals surface area contributed by atoms with Crippen molar-refractivity contribution in [3.63, 3.8) is 0 Å². The number of hydrogen-bond acceptors (Lipinski definition) is 4. The number of likely N-dealkylation sites (N-methyl/N-ethyl adjacent to an activating group) is 1. The van der Waals surface area contributed by atoms with Crippen LogP contribution in [0.3, 0.4) is 0 Å². The standard InChI is InChI=1S/C12H17FN4O/c1-4-9-11(13)12(15-7-14-9)17-5-8(2)16(3)10(18)6-17/h7-8H,4-6H2,1-3H3/t8-/m1/s1. The zero-order valence-corrected chi connectivity index (χ0v) is 10.9. The van der Waals surface area contributed by atoms with Gasteiger partial charge in [0.25, 0.3) is 0 Å². The molecule has 1 atom stereocenters. The molecule has 1 aromatic rings. The molecule has 6 heteroatoms. The van der Waals surface area contributed by atoms with E-state index >= 15 is 0 Å². The highest BCUT2D eigenvalue weighted by Gasteiger charge is 2.29. The predicted molar refractivity (Wildman–Crippen MR) is 65.8 cm³/mol. The lowest BCUT2D eigenvalue weighted by Crippen LogP contribution is -2.54. The molecule has 1 aliphatic heterocycles. The number of hydrogen-bond donors (Lipinski definition) is 0. The fourth-order valence-electron chi connectivity index (χ4n) is 2.05. The van der Waals surface area contributed by atoms with Crippen LogP contribution in [0, 0.1) is 5.82 Å². The molecule has 18 heavy (non-hydrogen) atoms. The van der Waals surface area contributed by atoms with Crippen LogP contribution >= 0.6 is 0 Å². The van der Waals surface area contributed by atoms with E-state index in [0.29, 0.717) is 18.7 Å². The molecule has 0 unspecified atom stereocenters. The van der Waals surface area contributed by atoms with E-state index in [2.05, 4.69) is 9.97 Å². The van der Waals surface area contributed by atoms with Crippen molar-refractivity contribution >= 4 is 11.7 Å². The predicted octanol–water partition coefficient (Wildman–Crippen LogP) is 0.845. The van der Waals surface area contributed by atoms with Gasteiger partial charge in [-0.3, -0.25) is 4.79 Å². The quantitative estimate of drug-likeness (QED) is 0.783. The average molecular weight is 252 g/mol. The maximum absolute atomic E-state index is 14.1. The highest BCUT2D eigenvalue weighted by Crippen LogP contribution is 2.21. The Balaban J connectivity index is 2.30. The molecule has 0 spiro atoms. The Morgan fingerprint density at radius 2 is 2.22 bits per heavy atom. The number of aryl methyl sites for hydroxylation is 1. The molecule has 2 rings (SSSR count). The third-order valence-corrected chi connectivity index (χ3v) is 3.34. The number of carbonyl (C=O) groups excluding carboxylic acids is 1. The average Bonchev–Trinajstić information content (AvgIpc) is 2.35. The van der Waals surface area contributed by atoms with Crippen LogP contribution in [0.15, 0.2) is 6.33 Å². The van der Waals surface area contributed by atoms with Crippen molar-refractivity contribution in [2.75, 3.05) is 25.0 Å². The van der Waals surface area contributed by atoms with Crippen LogP contribution in [-0.4, -0.2) is 47.0 Å². The van der Waals surface area contributed by atoms with Crippen LogP contribution < -0.4 is 4.90 Å². The summed E-state index contributed by atoms with van der Waals surface area (Å²) in [5.74, 6) is -0.204. The van der Waals surface area contributed by atoms with Crippen molar-refractivity contribution in [1.29, 1.82) is 0 Å². The second-order valence-corrected chi connectivity index (χ2v) is 4.55. The lowest BCUT2D eigenvalue weighted by molar-refractivity contribution is -0.131. The summed E-state index contributed by atoms with van der Waals surface area (Å²) in [6, 6.07) is 0.0469. The fraction of sp³-hybridized carbons (Fsp3) is 0.583. The summed E-state index contributed by atoms with van der Waals surface area (Å²) in [6.45, 7) is 4.52. The summed E-state index contributed by atoms with van der Waals surface area (Å²) < 4.78 is 14.1. The molecule has 0 aliphatic carbocycles. The minimum Gasteiger partial charge on any atom is -0.343 e. The van der Waals surface area contributed by atoms with Gasteiger partial charge in [0.1, 0.15) is 6.33 Å². The van der Waals surface area contributed by atoms with Gasteiger partial charge in [-0.05, 0) is 13.3 Å². The molecule has 0 aromatic carbocycles. The molecule has 1 amide bonds. The Bertz CT molecular complexity index is 465. The number of piperazine rings is 1. The summed E-state index contributed by atoms with van der Waals surface area (Å²) in [6.07, 6.45) is 1.86. The van der Waals surface area contributed by atoms with Gasteiger partial charge >= 0.3 is 0 Å². The zero-order valence-electron chi connectivity index (χ0n) is 10.9. The van der Waals surface area contributed by atoms with E-state index in [1.165, 1.54) is 6.33 Å². The molecule has 0 saturated carbocycles. The number of anilines is 1.